The van der Waals surface area contributed by atoms with E-state index in [0.29, 0.717) is 11.4 Å². The molecule has 7 heteroatoms. The van der Waals surface area contributed by atoms with Crippen molar-refractivity contribution in [3.8, 4) is 0 Å². The number of hydrogen-bond acceptors (Lipinski definition) is 2. The number of hydrogen-bond donors (Lipinski definition) is 1. The summed E-state index contributed by atoms with van der Waals surface area (Å²) in [5, 5.41) is 6.90. The molecule has 2 heterocycles. The third-order valence-electron chi connectivity index (χ3n) is 3.78. The lowest BCUT2D eigenvalue weighted by Crippen LogP contribution is -2.26. The minimum atomic E-state index is -1.53. The van der Waals surface area contributed by atoms with Crippen molar-refractivity contribution < 1.29 is 18.0 Å². The number of rotatable bonds is 2. The molecule has 1 amide bonds. The van der Waals surface area contributed by atoms with E-state index in [2.05, 4.69) is 10.4 Å². The van der Waals surface area contributed by atoms with Crippen LogP contribution in [0.4, 0.5) is 19.0 Å². The highest BCUT2D eigenvalue weighted by atomic mass is 19.2. The first-order valence-electron chi connectivity index (χ1n) is 6.90. The lowest BCUT2D eigenvalue weighted by Gasteiger charge is -2.25. The molecule has 1 aromatic carbocycles. The highest BCUT2D eigenvalue weighted by molar-refractivity contribution is 5.94. The van der Waals surface area contributed by atoms with Crippen molar-refractivity contribution in [2.45, 2.75) is 32.2 Å². The van der Waals surface area contributed by atoms with Crippen LogP contribution in [-0.4, -0.2) is 15.7 Å². The topological polar surface area (TPSA) is 46.9 Å². The standard InChI is InChI=1S/C15H14F3N3O/c1-7(2)21-15-10(6-19-21)9(5-12(22)20-15)8-3-4-11(16)14(18)13(8)17/h3-4,6-7,9H,5H2,1-2H3,(H,20,22)/t9-/m1/s1. The summed E-state index contributed by atoms with van der Waals surface area (Å²) >= 11 is 0. The van der Waals surface area contributed by atoms with Crippen LogP contribution in [0.1, 0.15) is 43.4 Å². The fourth-order valence-corrected chi connectivity index (χ4v) is 2.72. The van der Waals surface area contributed by atoms with Crippen LogP contribution in [0.15, 0.2) is 18.3 Å². The molecular weight excluding hydrogens is 295 g/mol. The minimum Gasteiger partial charge on any atom is -0.311 e. The monoisotopic (exact) mass is 309 g/mol. The molecule has 22 heavy (non-hydrogen) atoms. The zero-order chi connectivity index (χ0) is 16.0. The van der Waals surface area contributed by atoms with Crippen LogP contribution in [0.2, 0.25) is 0 Å². The average Bonchev–Trinajstić information content (AvgIpc) is 2.88. The molecule has 0 bridgehead atoms. The molecule has 0 fully saturated rings. The SMILES string of the molecule is CC(C)n1ncc2c1NC(=O)C[C@@H]2c1ccc(F)c(F)c1F. The number of benzene rings is 1. The molecule has 0 aliphatic carbocycles. The number of halogens is 3. The summed E-state index contributed by atoms with van der Waals surface area (Å²) in [6, 6.07) is 2.04. The van der Waals surface area contributed by atoms with Crippen LogP contribution in [0.5, 0.6) is 0 Å². The van der Waals surface area contributed by atoms with Crippen LogP contribution in [0, 0.1) is 17.5 Å². The van der Waals surface area contributed by atoms with Gasteiger partial charge in [0, 0.05) is 23.9 Å². The summed E-state index contributed by atoms with van der Waals surface area (Å²) in [7, 11) is 0. The zero-order valence-corrected chi connectivity index (χ0v) is 12.0. The van der Waals surface area contributed by atoms with Crippen molar-refractivity contribution in [1.29, 1.82) is 0 Å². The number of anilines is 1. The minimum absolute atomic E-state index is 0.00222. The molecule has 1 aromatic heterocycles. The van der Waals surface area contributed by atoms with Crippen molar-refractivity contribution in [3.05, 3.63) is 46.9 Å². The average molecular weight is 309 g/mol. The summed E-state index contributed by atoms with van der Waals surface area (Å²) in [4.78, 5) is 11.9. The van der Waals surface area contributed by atoms with E-state index in [-0.39, 0.29) is 23.9 Å². The van der Waals surface area contributed by atoms with Crippen LogP contribution in [-0.2, 0) is 4.79 Å². The Labute approximate surface area is 124 Å². The Morgan fingerprint density at radius 2 is 1.95 bits per heavy atom. The molecular formula is C15H14F3N3O. The molecule has 0 spiro atoms. The second-order valence-corrected chi connectivity index (χ2v) is 5.56. The number of fused-ring (bicyclic) bond motifs is 1. The Morgan fingerprint density at radius 3 is 2.64 bits per heavy atom. The Hall–Kier alpha value is -2.31. The quantitative estimate of drug-likeness (QED) is 0.865. The fraction of sp³-hybridized carbons (Fsp3) is 0.333. The molecule has 1 aliphatic rings. The van der Waals surface area contributed by atoms with Gasteiger partial charge in [-0.2, -0.15) is 5.10 Å². The smallest absolute Gasteiger partial charge is 0.226 e. The van der Waals surface area contributed by atoms with Crippen molar-refractivity contribution in [1.82, 2.24) is 9.78 Å². The van der Waals surface area contributed by atoms with Crippen molar-refractivity contribution in [3.63, 3.8) is 0 Å². The van der Waals surface area contributed by atoms with Crippen LogP contribution >= 0.6 is 0 Å². The van der Waals surface area contributed by atoms with Gasteiger partial charge in [0.2, 0.25) is 5.91 Å². The van der Waals surface area contributed by atoms with E-state index in [1.165, 1.54) is 12.3 Å². The Kier molecular flexibility index (Phi) is 3.42. The molecule has 1 atom stereocenters. The van der Waals surface area contributed by atoms with Crippen molar-refractivity contribution in [2.75, 3.05) is 5.32 Å². The summed E-state index contributed by atoms with van der Waals surface area (Å²) in [6.45, 7) is 3.78. The molecule has 0 radical (unpaired) electrons. The van der Waals surface area contributed by atoms with Crippen LogP contribution in [0.3, 0.4) is 0 Å². The molecule has 1 N–H and O–H groups in total. The van der Waals surface area contributed by atoms with Gasteiger partial charge in [-0.15, -0.1) is 0 Å². The Bertz CT molecular complexity index is 755. The molecule has 0 saturated carbocycles. The normalized spacial score (nSPS) is 17.5. The lowest BCUT2D eigenvalue weighted by molar-refractivity contribution is -0.116. The van der Waals surface area contributed by atoms with Gasteiger partial charge in [-0.1, -0.05) is 6.07 Å². The summed E-state index contributed by atoms with van der Waals surface area (Å²) < 4.78 is 42.2. The number of carbonyl (C=O) groups is 1. The van der Waals surface area contributed by atoms with E-state index in [1.807, 2.05) is 13.8 Å². The van der Waals surface area contributed by atoms with Crippen molar-refractivity contribution in [2.24, 2.45) is 0 Å². The van der Waals surface area contributed by atoms with E-state index in [9.17, 15) is 18.0 Å². The Balaban J connectivity index is 2.14. The maximum Gasteiger partial charge on any atom is 0.226 e. The molecule has 0 unspecified atom stereocenters. The largest absolute Gasteiger partial charge is 0.311 e. The highest BCUT2D eigenvalue weighted by Gasteiger charge is 2.33. The van der Waals surface area contributed by atoms with Gasteiger partial charge >= 0.3 is 0 Å². The molecule has 0 saturated heterocycles. The summed E-state index contributed by atoms with van der Waals surface area (Å²) in [5.74, 6) is -4.57. The zero-order valence-electron chi connectivity index (χ0n) is 12.0. The number of nitrogens with zero attached hydrogens (tertiary/aromatic N) is 2. The van der Waals surface area contributed by atoms with Crippen LogP contribution < -0.4 is 5.32 Å². The summed E-state index contributed by atoms with van der Waals surface area (Å²) in [5.41, 5.74) is 0.552. The van der Waals surface area contributed by atoms with Gasteiger partial charge in [-0.25, -0.2) is 17.9 Å². The van der Waals surface area contributed by atoms with E-state index in [4.69, 9.17) is 0 Å². The summed E-state index contributed by atoms with van der Waals surface area (Å²) in [6.07, 6.45) is 1.49. The molecule has 3 rings (SSSR count). The van der Waals surface area contributed by atoms with E-state index in [1.54, 1.807) is 4.68 Å². The first kappa shape index (κ1) is 14.6. The van der Waals surface area contributed by atoms with Gasteiger partial charge in [0.1, 0.15) is 5.82 Å². The van der Waals surface area contributed by atoms with E-state index >= 15 is 0 Å². The second kappa shape index (κ2) is 5.15. The number of nitrogens with one attached hydrogen (secondary N) is 1. The highest BCUT2D eigenvalue weighted by Crippen LogP contribution is 2.39. The molecule has 2 aromatic rings. The first-order valence-corrected chi connectivity index (χ1v) is 6.90. The fourth-order valence-electron chi connectivity index (χ4n) is 2.72. The van der Waals surface area contributed by atoms with E-state index in [0.717, 1.165) is 6.07 Å². The van der Waals surface area contributed by atoms with E-state index < -0.39 is 23.4 Å². The van der Waals surface area contributed by atoms with Gasteiger partial charge in [0.05, 0.1) is 6.20 Å². The predicted molar refractivity (Wildman–Crippen MR) is 74.0 cm³/mol. The van der Waals surface area contributed by atoms with Gasteiger partial charge in [-0.05, 0) is 25.5 Å². The first-order chi connectivity index (χ1) is 10.4. The maximum atomic E-state index is 14.1. The Morgan fingerprint density at radius 1 is 1.23 bits per heavy atom. The number of amides is 1. The molecule has 4 nitrogen and oxygen atoms in total. The van der Waals surface area contributed by atoms with Crippen molar-refractivity contribution >= 4 is 11.7 Å². The predicted octanol–water partition coefficient (Wildman–Crippen LogP) is 3.36. The third kappa shape index (κ3) is 2.17. The van der Waals surface area contributed by atoms with Gasteiger partial charge in [0.15, 0.2) is 17.5 Å². The van der Waals surface area contributed by atoms with Crippen LogP contribution in [0.25, 0.3) is 0 Å². The van der Waals surface area contributed by atoms with Gasteiger partial charge < -0.3 is 5.32 Å². The molecule has 1 aliphatic heterocycles. The maximum absolute atomic E-state index is 14.1. The third-order valence-corrected chi connectivity index (χ3v) is 3.78. The number of carbonyl (C=O) groups excluding carboxylic acids is 1. The second-order valence-electron chi connectivity index (χ2n) is 5.56. The number of aromatic nitrogens is 2. The molecule has 116 valence electrons. The van der Waals surface area contributed by atoms with Gasteiger partial charge in [-0.3, -0.25) is 4.79 Å². The lowest BCUT2D eigenvalue weighted by atomic mass is 9.87. The van der Waals surface area contributed by atoms with Gasteiger partial charge in [0.25, 0.3) is 0 Å².